The molecular formula is C19H16FN3O4. The van der Waals surface area contributed by atoms with Crippen molar-refractivity contribution < 1.29 is 23.1 Å². The van der Waals surface area contributed by atoms with Crippen LogP contribution in [0.25, 0.3) is 11.0 Å². The lowest BCUT2D eigenvalue weighted by molar-refractivity contribution is 0.0606. The number of amides is 2. The van der Waals surface area contributed by atoms with Crippen LogP contribution in [0, 0.1) is 5.82 Å². The van der Waals surface area contributed by atoms with E-state index in [4.69, 9.17) is 9.15 Å². The van der Waals surface area contributed by atoms with E-state index in [1.54, 1.807) is 35.4 Å². The number of pyridine rings is 1. The van der Waals surface area contributed by atoms with Gasteiger partial charge in [0.2, 0.25) is 0 Å². The fourth-order valence-electron chi connectivity index (χ4n) is 2.93. The molecular weight excluding hydrogens is 353 g/mol. The Morgan fingerprint density at radius 3 is 2.59 bits per heavy atom. The molecule has 4 rings (SSSR count). The predicted molar refractivity (Wildman–Crippen MR) is 93.9 cm³/mol. The van der Waals surface area contributed by atoms with Crippen LogP contribution < -0.4 is 4.74 Å². The zero-order chi connectivity index (χ0) is 18.8. The first-order chi connectivity index (χ1) is 13.1. The van der Waals surface area contributed by atoms with Gasteiger partial charge in [0.15, 0.2) is 11.5 Å². The molecule has 1 saturated heterocycles. The van der Waals surface area contributed by atoms with Crippen LogP contribution in [0.3, 0.4) is 0 Å². The molecule has 27 heavy (non-hydrogen) atoms. The van der Waals surface area contributed by atoms with Gasteiger partial charge in [0.05, 0.1) is 6.20 Å². The van der Waals surface area contributed by atoms with Gasteiger partial charge in [0.25, 0.3) is 5.91 Å². The molecule has 2 aromatic heterocycles. The Hall–Kier alpha value is -3.42. The second kappa shape index (κ2) is 7.06. The minimum atomic E-state index is -0.477. The zero-order valence-electron chi connectivity index (χ0n) is 14.3. The molecule has 0 saturated carbocycles. The highest BCUT2D eigenvalue weighted by atomic mass is 19.1. The zero-order valence-corrected chi connectivity index (χ0v) is 14.3. The third-order valence-electron chi connectivity index (χ3n) is 4.36. The molecule has 0 aliphatic carbocycles. The number of hydrogen-bond donors (Lipinski definition) is 0. The number of benzene rings is 1. The highest BCUT2D eigenvalue weighted by molar-refractivity contribution is 5.96. The van der Waals surface area contributed by atoms with E-state index in [0.29, 0.717) is 42.9 Å². The smallest absolute Gasteiger partial charge is 0.415 e. The van der Waals surface area contributed by atoms with Gasteiger partial charge in [-0.25, -0.2) is 9.18 Å². The number of piperazine rings is 1. The molecule has 1 aliphatic rings. The first kappa shape index (κ1) is 17.0. The van der Waals surface area contributed by atoms with Gasteiger partial charge in [-0.1, -0.05) is 0 Å². The number of carbonyl (C=O) groups excluding carboxylic acids is 2. The molecule has 0 atom stereocenters. The van der Waals surface area contributed by atoms with Crippen molar-refractivity contribution in [1.82, 2.24) is 14.8 Å². The maximum absolute atomic E-state index is 13.3. The van der Waals surface area contributed by atoms with Crippen LogP contribution in [0.15, 0.2) is 53.2 Å². The Bertz CT molecular complexity index is 981. The summed E-state index contributed by atoms with van der Waals surface area (Å²) in [5.74, 6) is -0.180. The minimum absolute atomic E-state index is 0.155. The van der Waals surface area contributed by atoms with E-state index in [-0.39, 0.29) is 11.7 Å². The van der Waals surface area contributed by atoms with Crippen LogP contribution >= 0.6 is 0 Å². The minimum Gasteiger partial charge on any atom is -0.451 e. The molecule has 138 valence electrons. The Morgan fingerprint density at radius 1 is 1.07 bits per heavy atom. The number of fused-ring (bicyclic) bond motifs is 1. The van der Waals surface area contributed by atoms with Gasteiger partial charge in [-0.3, -0.25) is 9.78 Å². The van der Waals surface area contributed by atoms with Crippen molar-refractivity contribution in [3.05, 3.63) is 60.4 Å². The van der Waals surface area contributed by atoms with Crippen molar-refractivity contribution >= 4 is 23.0 Å². The van der Waals surface area contributed by atoms with Gasteiger partial charge in [-0.2, -0.15) is 0 Å². The number of rotatable bonds is 2. The molecule has 1 fully saturated rings. The number of halogens is 1. The summed E-state index contributed by atoms with van der Waals surface area (Å²) in [6.07, 6.45) is 2.57. The van der Waals surface area contributed by atoms with Crippen molar-refractivity contribution in [2.45, 2.75) is 0 Å². The molecule has 3 aromatic rings. The molecule has 0 N–H and O–H groups in total. The summed E-state index contributed by atoms with van der Waals surface area (Å²) in [6.45, 7) is 1.40. The molecule has 0 unspecified atom stereocenters. The highest BCUT2D eigenvalue weighted by Crippen LogP contribution is 2.22. The maximum Gasteiger partial charge on any atom is 0.415 e. The van der Waals surface area contributed by atoms with Gasteiger partial charge < -0.3 is 19.0 Å². The lowest BCUT2D eigenvalue weighted by Crippen LogP contribution is -2.51. The molecule has 7 nitrogen and oxygen atoms in total. The molecule has 0 bridgehead atoms. The molecule has 0 spiro atoms. The van der Waals surface area contributed by atoms with Gasteiger partial charge in [-0.05, 0) is 30.3 Å². The molecule has 2 amide bonds. The standard InChI is InChI=1S/C19H16FN3O4/c20-14-4-3-13-10-17(27-16(13)11-14)18(24)22-6-8-23(9-7-22)19(25)26-15-2-1-5-21-12-15/h1-5,10-12H,6-9H2. The Kier molecular flexibility index (Phi) is 4.45. The topological polar surface area (TPSA) is 75.9 Å². The predicted octanol–water partition coefficient (Wildman–Crippen LogP) is 2.92. The van der Waals surface area contributed by atoms with Crippen LogP contribution in [0.2, 0.25) is 0 Å². The normalized spacial score (nSPS) is 14.4. The average molecular weight is 369 g/mol. The van der Waals surface area contributed by atoms with Crippen LogP contribution in [0.5, 0.6) is 5.75 Å². The van der Waals surface area contributed by atoms with Gasteiger partial charge >= 0.3 is 6.09 Å². The van der Waals surface area contributed by atoms with Crippen molar-refractivity contribution in [1.29, 1.82) is 0 Å². The van der Waals surface area contributed by atoms with Gasteiger partial charge in [0, 0.05) is 43.8 Å². The summed E-state index contributed by atoms with van der Waals surface area (Å²) < 4.78 is 24.0. The second-order valence-electron chi connectivity index (χ2n) is 6.13. The van der Waals surface area contributed by atoms with Crippen molar-refractivity contribution in [3.63, 3.8) is 0 Å². The largest absolute Gasteiger partial charge is 0.451 e. The van der Waals surface area contributed by atoms with E-state index in [0.717, 1.165) is 0 Å². The Morgan fingerprint density at radius 2 is 1.85 bits per heavy atom. The van der Waals surface area contributed by atoms with E-state index < -0.39 is 11.9 Å². The number of nitrogens with zero attached hydrogens (tertiary/aromatic N) is 3. The first-order valence-corrected chi connectivity index (χ1v) is 8.45. The number of carbonyl (C=O) groups is 2. The SMILES string of the molecule is O=C(Oc1cccnc1)N1CCN(C(=O)c2cc3ccc(F)cc3o2)CC1. The van der Waals surface area contributed by atoms with E-state index in [1.165, 1.54) is 23.2 Å². The third kappa shape index (κ3) is 3.59. The Labute approximate surface area is 153 Å². The fourth-order valence-corrected chi connectivity index (χ4v) is 2.93. The maximum atomic E-state index is 13.3. The van der Waals surface area contributed by atoms with Crippen LogP contribution in [0.1, 0.15) is 10.6 Å². The third-order valence-corrected chi connectivity index (χ3v) is 4.36. The van der Waals surface area contributed by atoms with E-state index in [1.807, 2.05) is 0 Å². The first-order valence-electron chi connectivity index (χ1n) is 8.45. The number of furan rings is 1. The summed E-state index contributed by atoms with van der Waals surface area (Å²) in [7, 11) is 0. The van der Waals surface area contributed by atoms with Crippen molar-refractivity contribution in [3.8, 4) is 5.75 Å². The average Bonchev–Trinajstić information content (AvgIpc) is 3.11. The molecule has 3 heterocycles. The summed E-state index contributed by atoms with van der Waals surface area (Å²) in [4.78, 5) is 31.8. The number of aromatic nitrogens is 1. The van der Waals surface area contributed by atoms with Gasteiger partial charge in [0.1, 0.15) is 11.4 Å². The lowest BCUT2D eigenvalue weighted by Gasteiger charge is -2.33. The van der Waals surface area contributed by atoms with Crippen LogP contribution in [-0.2, 0) is 0 Å². The quantitative estimate of drug-likeness (QED) is 0.694. The monoisotopic (exact) mass is 369 g/mol. The lowest BCUT2D eigenvalue weighted by atomic mass is 10.2. The summed E-state index contributed by atoms with van der Waals surface area (Å²) in [5, 5.41) is 0.665. The summed E-state index contributed by atoms with van der Waals surface area (Å²) in [5.41, 5.74) is 0.331. The van der Waals surface area contributed by atoms with Crippen molar-refractivity contribution in [2.24, 2.45) is 0 Å². The fraction of sp³-hybridized carbons (Fsp3) is 0.211. The van der Waals surface area contributed by atoms with Gasteiger partial charge in [-0.15, -0.1) is 0 Å². The summed E-state index contributed by atoms with van der Waals surface area (Å²) >= 11 is 0. The Balaban J connectivity index is 1.38. The van der Waals surface area contributed by atoms with E-state index in [9.17, 15) is 14.0 Å². The molecule has 1 aliphatic heterocycles. The van der Waals surface area contributed by atoms with Crippen LogP contribution in [0.4, 0.5) is 9.18 Å². The molecule has 1 aromatic carbocycles. The van der Waals surface area contributed by atoms with Crippen LogP contribution in [-0.4, -0.2) is 53.0 Å². The number of ether oxygens (including phenoxy) is 1. The highest BCUT2D eigenvalue weighted by Gasteiger charge is 2.27. The molecule has 0 radical (unpaired) electrons. The van der Waals surface area contributed by atoms with E-state index >= 15 is 0 Å². The number of hydrogen-bond acceptors (Lipinski definition) is 5. The molecule has 8 heteroatoms. The van der Waals surface area contributed by atoms with E-state index in [2.05, 4.69) is 4.98 Å². The summed E-state index contributed by atoms with van der Waals surface area (Å²) in [6, 6.07) is 9.06. The van der Waals surface area contributed by atoms with Crippen molar-refractivity contribution in [2.75, 3.05) is 26.2 Å². The second-order valence-corrected chi connectivity index (χ2v) is 6.13.